The molecule has 0 bridgehead atoms. The van der Waals surface area contributed by atoms with Crippen LogP contribution in [-0.4, -0.2) is 32.9 Å². The normalized spacial score (nSPS) is 19.3. The molecule has 8 heteroatoms. The Balaban J connectivity index is 1.48. The van der Waals surface area contributed by atoms with Gasteiger partial charge >= 0.3 is 6.18 Å². The van der Waals surface area contributed by atoms with Gasteiger partial charge in [-0.3, -0.25) is 4.90 Å². The van der Waals surface area contributed by atoms with Crippen molar-refractivity contribution in [3.05, 3.63) is 52.8 Å². The Labute approximate surface area is 173 Å². The molecule has 1 aliphatic heterocycles. The van der Waals surface area contributed by atoms with Crippen molar-refractivity contribution >= 4 is 11.2 Å². The van der Waals surface area contributed by atoms with Gasteiger partial charge in [0.15, 0.2) is 17.1 Å². The summed E-state index contributed by atoms with van der Waals surface area (Å²) >= 11 is 0. The lowest BCUT2D eigenvalue weighted by Crippen LogP contribution is -2.38. The molecule has 0 N–H and O–H groups in total. The van der Waals surface area contributed by atoms with E-state index in [1.807, 2.05) is 12.1 Å². The van der Waals surface area contributed by atoms with Crippen LogP contribution in [0.25, 0.3) is 11.2 Å². The summed E-state index contributed by atoms with van der Waals surface area (Å²) in [6, 6.07) is 6.91. The minimum Gasteiger partial charge on any atom is -0.439 e. The average molecular weight is 418 g/mol. The van der Waals surface area contributed by atoms with Gasteiger partial charge in [0.1, 0.15) is 5.69 Å². The first kappa shape index (κ1) is 20.8. The number of alkyl halides is 3. The topological polar surface area (TPSA) is 55.1 Å². The Bertz CT molecular complexity index is 1050. The van der Waals surface area contributed by atoms with E-state index in [-0.39, 0.29) is 6.04 Å². The van der Waals surface area contributed by atoms with Gasteiger partial charge in [-0.1, -0.05) is 0 Å². The van der Waals surface area contributed by atoms with E-state index in [4.69, 9.17) is 4.42 Å². The zero-order valence-corrected chi connectivity index (χ0v) is 17.3. The summed E-state index contributed by atoms with van der Waals surface area (Å²) in [4.78, 5) is 15.0. The van der Waals surface area contributed by atoms with Gasteiger partial charge in [-0.2, -0.15) is 18.2 Å². The van der Waals surface area contributed by atoms with Crippen LogP contribution < -0.4 is 0 Å². The van der Waals surface area contributed by atoms with Crippen molar-refractivity contribution < 1.29 is 17.6 Å². The number of fused-ring (bicyclic) bond motifs is 1. The summed E-state index contributed by atoms with van der Waals surface area (Å²) in [6.07, 6.45) is -1.79. The molecule has 1 unspecified atom stereocenters. The molecule has 4 heterocycles. The van der Waals surface area contributed by atoms with E-state index >= 15 is 0 Å². The lowest BCUT2D eigenvalue weighted by Gasteiger charge is -2.36. The third-order valence-electron chi connectivity index (χ3n) is 5.74. The molecule has 2 atom stereocenters. The van der Waals surface area contributed by atoms with E-state index in [1.54, 1.807) is 19.9 Å². The van der Waals surface area contributed by atoms with E-state index in [9.17, 15) is 13.2 Å². The van der Waals surface area contributed by atoms with Crippen LogP contribution in [0.2, 0.25) is 0 Å². The number of aromatic nitrogens is 3. The van der Waals surface area contributed by atoms with Crippen LogP contribution in [0.4, 0.5) is 13.2 Å². The first-order chi connectivity index (χ1) is 14.2. The Morgan fingerprint density at radius 3 is 2.73 bits per heavy atom. The summed E-state index contributed by atoms with van der Waals surface area (Å²) in [5.74, 6) is 0.883. The Morgan fingerprint density at radius 2 is 1.97 bits per heavy atom. The first-order valence-electron chi connectivity index (χ1n) is 10.2. The third-order valence-corrected chi connectivity index (χ3v) is 5.74. The number of oxazole rings is 1. The first-order valence-corrected chi connectivity index (χ1v) is 10.2. The van der Waals surface area contributed by atoms with Crippen molar-refractivity contribution in [3.8, 4) is 0 Å². The highest BCUT2D eigenvalue weighted by molar-refractivity contribution is 5.67. The molecule has 0 aliphatic carbocycles. The summed E-state index contributed by atoms with van der Waals surface area (Å²) < 4.78 is 44.8. The summed E-state index contributed by atoms with van der Waals surface area (Å²) in [7, 11) is 0. The highest BCUT2D eigenvalue weighted by Crippen LogP contribution is 2.31. The monoisotopic (exact) mass is 418 g/mol. The van der Waals surface area contributed by atoms with E-state index < -0.39 is 11.9 Å². The third kappa shape index (κ3) is 4.48. The summed E-state index contributed by atoms with van der Waals surface area (Å²) in [5.41, 5.74) is 2.51. The zero-order valence-electron chi connectivity index (χ0n) is 17.3. The molecule has 160 valence electrons. The quantitative estimate of drug-likeness (QED) is 0.578. The van der Waals surface area contributed by atoms with Gasteiger partial charge in [0, 0.05) is 25.2 Å². The van der Waals surface area contributed by atoms with Crippen LogP contribution in [0.15, 0.2) is 28.7 Å². The van der Waals surface area contributed by atoms with Gasteiger partial charge in [-0.25, -0.2) is 9.97 Å². The predicted molar refractivity (Wildman–Crippen MR) is 107 cm³/mol. The minimum absolute atomic E-state index is 0.0964. The lowest BCUT2D eigenvalue weighted by molar-refractivity contribution is -0.141. The molecule has 0 aromatic carbocycles. The number of hydrogen-bond acceptors (Lipinski definition) is 5. The van der Waals surface area contributed by atoms with Gasteiger partial charge in [0.2, 0.25) is 0 Å². The summed E-state index contributed by atoms with van der Waals surface area (Å²) in [6.45, 7) is 7.29. The van der Waals surface area contributed by atoms with Crippen molar-refractivity contribution in [2.24, 2.45) is 5.92 Å². The van der Waals surface area contributed by atoms with Crippen LogP contribution >= 0.6 is 0 Å². The van der Waals surface area contributed by atoms with Crippen LogP contribution in [-0.2, 0) is 12.6 Å². The maximum absolute atomic E-state index is 13.1. The molecule has 0 saturated carbocycles. The van der Waals surface area contributed by atoms with Gasteiger partial charge in [-0.05, 0) is 75.4 Å². The maximum Gasteiger partial charge on any atom is 0.433 e. The van der Waals surface area contributed by atoms with Crippen molar-refractivity contribution in [1.82, 2.24) is 19.9 Å². The molecule has 5 nitrogen and oxygen atoms in total. The number of hydrogen-bond donors (Lipinski definition) is 0. The van der Waals surface area contributed by atoms with E-state index in [0.29, 0.717) is 40.7 Å². The number of aryl methyl sites for hydroxylation is 2. The molecule has 3 aromatic heterocycles. The van der Waals surface area contributed by atoms with Gasteiger partial charge in [-0.15, -0.1) is 0 Å². The van der Waals surface area contributed by atoms with Crippen molar-refractivity contribution in [3.63, 3.8) is 0 Å². The molecule has 1 saturated heterocycles. The fourth-order valence-corrected chi connectivity index (χ4v) is 4.31. The predicted octanol–water partition coefficient (Wildman–Crippen LogP) is 5.27. The number of nitrogens with zero attached hydrogens (tertiary/aromatic N) is 4. The average Bonchev–Trinajstić information content (AvgIpc) is 3.05. The fourth-order valence-electron chi connectivity index (χ4n) is 4.31. The number of likely N-dealkylation sites (tertiary alicyclic amines) is 1. The number of piperidine rings is 1. The minimum atomic E-state index is -4.42. The van der Waals surface area contributed by atoms with Crippen LogP contribution in [0.3, 0.4) is 0 Å². The van der Waals surface area contributed by atoms with Crippen molar-refractivity contribution in [2.45, 2.75) is 52.3 Å². The molecular weight excluding hydrogens is 393 g/mol. The van der Waals surface area contributed by atoms with Crippen molar-refractivity contribution in [1.29, 1.82) is 0 Å². The van der Waals surface area contributed by atoms with Gasteiger partial charge < -0.3 is 4.42 Å². The zero-order chi connectivity index (χ0) is 21.5. The Kier molecular flexibility index (Phi) is 5.53. The number of halogens is 3. The SMILES string of the molecule is Cc1cc(C[C@H]2CCCN(C(C)c3ccc4oc(C)nc4n3)C2)cc(C(F)(F)F)n1. The van der Waals surface area contributed by atoms with Crippen molar-refractivity contribution in [2.75, 3.05) is 13.1 Å². The molecule has 30 heavy (non-hydrogen) atoms. The highest BCUT2D eigenvalue weighted by Gasteiger charge is 2.33. The fraction of sp³-hybridized carbons (Fsp3) is 0.500. The number of pyridine rings is 2. The molecule has 0 radical (unpaired) electrons. The van der Waals surface area contributed by atoms with Gasteiger partial charge in [0.25, 0.3) is 0 Å². The Morgan fingerprint density at radius 1 is 1.17 bits per heavy atom. The molecular formula is C22H25F3N4O. The van der Waals surface area contributed by atoms with E-state index in [2.05, 4.69) is 26.8 Å². The highest BCUT2D eigenvalue weighted by atomic mass is 19.4. The molecule has 1 fully saturated rings. The molecule has 4 rings (SSSR count). The lowest BCUT2D eigenvalue weighted by atomic mass is 9.90. The molecule has 0 amide bonds. The van der Waals surface area contributed by atoms with Crippen LogP contribution in [0.1, 0.15) is 54.3 Å². The summed E-state index contributed by atoms with van der Waals surface area (Å²) in [5, 5.41) is 0. The van der Waals surface area contributed by atoms with Crippen LogP contribution in [0.5, 0.6) is 0 Å². The second kappa shape index (κ2) is 7.98. The van der Waals surface area contributed by atoms with Crippen LogP contribution in [0, 0.1) is 19.8 Å². The largest absolute Gasteiger partial charge is 0.439 e. The molecule has 1 aliphatic rings. The van der Waals surface area contributed by atoms with E-state index in [1.165, 1.54) is 6.07 Å². The van der Waals surface area contributed by atoms with E-state index in [0.717, 1.165) is 31.6 Å². The standard InChI is InChI=1S/C22H25F3N4O/c1-13-9-17(11-20(26-13)22(23,24)25)10-16-5-4-8-29(12-16)14(2)18-6-7-19-21(28-18)27-15(3)30-19/h6-7,9,11,14,16H,4-5,8,10,12H2,1-3H3/t14?,16-/m1/s1. The second-order valence-electron chi connectivity index (χ2n) is 8.17. The molecule has 0 spiro atoms. The smallest absolute Gasteiger partial charge is 0.433 e. The molecule has 3 aromatic rings. The Hall–Kier alpha value is -2.48. The number of rotatable bonds is 4. The second-order valence-corrected chi connectivity index (χ2v) is 8.17. The maximum atomic E-state index is 13.1. The van der Waals surface area contributed by atoms with Gasteiger partial charge in [0.05, 0.1) is 5.69 Å².